The number of carbonyl (C=O) groups excluding carboxylic acids is 3. The Morgan fingerprint density at radius 1 is 0.449 bits per heavy atom. The average Bonchev–Trinajstić information content (AvgIpc) is 1.68. The molecule has 0 aliphatic carbocycles. The summed E-state index contributed by atoms with van der Waals surface area (Å²) in [5.74, 6) is 2.74. The number of rotatable bonds is 14. The van der Waals surface area contributed by atoms with Crippen molar-refractivity contribution in [2.24, 2.45) is 0 Å². The number of ether oxygens (including phenoxy) is 4. The van der Waals surface area contributed by atoms with Crippen LogP contribution in [0, 0.1) is 6.92 Å². The van der Waals surface area contributed by atoms with Crippen LogP contribution < -0.4 is 57.8 Å². The Hall–Kier alpha value is -8.29. The molecule has 8 aromatic heterocycles. The number of nitrogens with two attached hydrogens (primary N) is 4. The van der Waals surface area contributed by atoms with Crippen molar-refractivity contribution in [3.05, 3.63) is 131 Å². The van der Waals surface area contributed by atoms with Crippen LogP contribution in [0.25, 0.3) is 86.7 Å². The highest BCUT2D eigenvalue weighted by atomic mass is 35.5. The molecule has 35 heteroatoms. The maximum absolute atomic E-state index is 12.8. The number of hydrogen-bond donors (Lipinski definition) is 8. The first kappa shape index (κ1) is 75.5. The van der Waals surface area contributed by atoms with Crippen LogP contribution in [0.3, 0.4) is 0 Å². The predicted octanol–water partition coefficient (Wildman–Crippen LogP) is 16.4. The first-order chi connectivity index (χ1) is 51.5. The van der Waals surface area contributed by atoms with Gasteiger partial charge in [-0.1, -0.05) is 107 Å². The van der Waals surface area contributed by atoms with E-state index in [9.17, 15) is 14.4 Å². The van der Waals surface area contributed by atoms with E-state index in [1.165, 1.54) is 46.9 Å². The van der Waals surface area contributed by atoms with Gasteiger partial charge in [0.25, 0.3) is 17.7 Å². The minimum atomic E-state index is -0.139. The highest BCUT2D eigenvalue weighted by molar-refractivity contribution is 7.21. The molecule has 554 valence electrons. The second-order valence-electron chi connectivity index (χ2n) is 25.2. The molecular formula is C72H65Cl8N17O7S3. The van der Waals surface area contributed by atoms with Gasteiger partial charge in [0.2, 0.25) is 23.8 Å². The number of nitrogens with one attached hydrogen (secondary N) is 4. The van der Waals surface area contributed by atoms with Gasteiger partial charge in [0, 0.05) is 119 Å². The number of halogens is 8. The lowest BCUT2D eigenvalue weighted by atomic mass is 10.00. The normalized spacial score (nSPS) is 13.9. The second-order valence-corrected chi connectivity index (χ2v) is 31.6. The maximum Gasteiger partial charge on any atom is 0.261 e. The lowest BCUT2D eigenvalue weighted by Crippen LogP contribution is -2.33. The van der Waals surface area contributed by atoms with E-state index in [4.69, 9.17) is 135 Å². The Morgan fingerprint density at radius 3 is 1.11 bits per heavy atom. The van der Waals surface area contributed by atoms with Crippen LogP contribution in [0.5, 0.6) is 23.0 Å². The summed E-state index contributed by atoms with van der Waals surface area (Å²) in [6, 6.07) is 12.0. The summed E-state index contributed by atoms with van der Waals surface area (Å²) >= 11 is 55.0. The molecule has 0 unspecified atom stereocenters. The van der Waals surface area contributed by atoms with Crippen LogP contribution in [0.1, 0.15) is 96.4 Å². The molecule has 13 heterocycles. The third-order valence-corrected chi connectivity index (χ3v) is 23.5. The first-order valence-corrected chi connectivity index (χ1v) is 39.5. The van der Waals surface area contributed by atoms with E-state index >= 15 is 0 Å². The van der Waals surface area contributed by atoms with Gasteiger partial charge < -0.3 is 67.7 Å². The van der Waals surface area contributed by atoms with Gasteiger partial charge >= 0.3 is 0 Å². The number of amides is 3. The maximum atomic E-state index is 12.8. The Kier molecular flexibility index (Phi) is 22.7. The van der Waals surface area contributed by atoms with E-state index in [1.54, 1.807) is 36.4 Å². The number of carbonyl (C=O) groups is 3. The predicted molar refractivity (Wildman–Crippen MR) is 430 cm³/mol. The van der Waals surface area contributed by atoms with E-state index in [1.807, 2.05) is 33.0 Å². The van der Waals surface area contributed by atoms with E-state index in [2.05, 4.69) is 65.7 Å². The molecule has 1 fully saturated rings. The number of nitrogen functional groups attached to an aromatic ring is 4. The summed E-state index contributed by atoms with van der Waals surface area (Å²) in [7, 11) is 0. The number of aromatic amines is 1. The van der Waals surface area contributed by atoms with Gasteiger partial charge in [-0.3, -0.25) is 14.4 Å². The zero-order valence-corrected chi connectivity index (χ0v) is 65.8. The zero-order valence-electron chi connectivity index (χ0n) is 57.3. The molecule has 0 bridgehead atoms. The van der Waals surface area contributed by atoms with Crippen LogP contribution in [0.15, 0.2) is 48.7 Å². The van der Waals surface area contributed by atoms with E-state index in [0.717, 1.165) is 116 Å². The summed E-state index contributed by atoms with van der Waals surface area (Å²) in [4.78, 5) is 81.6. The highest BCUT2D eigenvalue weighted by Crippen LogP contribution is 2.51. The molecule has 0 saturated carbocycles. The van der Waals surface area contributed by atoms with Crippen molar-refractivity contribution < 1.29 is 33.3 Å². The minimum Gasteiger partial charge on any atom is -0.491 e. The monoisotopic (exact) mass is 1660 g/mol. The smallest absolute Gasteiger partial charge is 0.261 e. The van der Waals surface area contributed by atoms with Gasteiger partial charge in [-0.25, -0.2) is 39.9 Å². The molecule has 5 aliphatic heterocycles. The number of aromatic nitrogens is 9. The number of anilines is 4. The molecule has 1 saturated heterocycles. The Balaban J connectivity index is 0.000000120. The third-order valence-electron chi connectivity index (χ3n) is 18.1. The van der Waals surface area contributed by atoms with Crippen molar-refractivity contribution >= 4 is 210 Å². The van der Waals surface area contributed by atoms with Crippen LogP contribution in [0.4, 0.5) is 23.8 Å². The van der Waals surface area contributed by atoms with Gasteiger partial charge in [-0.15, -0.1) is 34.0 Å². The van der Waals surface area contributed by atoms with E-state index < -0.39 is 0 Å². The molecule has 107 heavy (non-hydrogen) atoms. The molecule has 12 N–H and O–H groups in total. The molecule has 24 nitrogen and oxygen atoms in total. The van der Waals surface area contributed by atoms with Gasteiger partial charge in [0.15, 0.2) is 0 Å². The van der Waals surface area contributed by atoms with Crippen LogP contribution >= 0.6 is 127 Å². The number of thiophene rings is 3. The van der Waals surface area contributed by atoms with Crippen molar-refractivity contribution in [3.63, 3.8) is 0 Å². The van der Waals surface area contributed by atoms with E-state index in [0.29, 0.717) is 180 Å². The zero-order chi connectivity index (χ0) is 75.2. The number of fused-ring (bicyclic) bond motifs is 8. The third kappa shape index (κ3) is 15.3. The van der Waals surface area contributed by atoms with Gasteiger partial charge in [-0.05, 0) is 93.7 Å². The largest absolute Gasteiger partial charge is 0.491 e. The van der Waals surface area contributed by atoms with Crippen molar-refractivity contribution in [3.8, 4) is 68.0 Å². The molecule has 0 radical (unpaired) electrons. The molecule has 12 aromatic rings. The molecule has 0 atom stereocenters. The van der Waals surface area contributed by atoms with Crippen LogP contribution in [-0.4, -0.2) is 133 Å². The number of benzene rings is 4. The van der Waals surface area contributed by atoms with Gasteiger partial charge in [-0.2, -0.15) is 0 Å². The fourth-order valence-corrected chi connectivity index (χ4v) is 18.8. The van der Waals surface area contributed by atoms with Crippen molar-refractivity contribution in [1.82, 2.24) is 65.7 Å². The van der Waals surface area contributed by atoms with Crippen molar-refractivity contribution in [2.45, 2.75) is 72.1 Å². The lowest BCUT2D eigenvalue weighted by molar-refractivity contribution is 0.0947. The number of likely N-dealkylation sites (tertiary alicyclic amines) is 1. The standard InChI is InChI=1S/C21H21Cl2N5O2S.2C18H16Cl2N4O2S.C15H12Cl2N4O/c22-13-10-14(23)18-11(3-8-30-18)16(13)17-12-9-15(31-20(12)27-21(24)26-17)19(29)25-4-7-28-5-1-2-6-28;2*1-2-4-22-16(25)12-6-9-14(23-18(21)24-17(9)27-12)13-8-3-5-26-15(8)11(20)7-10(13)19;1-6-5-19-13-11(6)20-15(18)21-12(13)10-7-2-3-22-14(7)9(17)4-8(10)16/h9-10H,1-8H2,(H,25,29)(H2,24,26,27);2*6-7H,2-5H2,1H3,(H,22,25)(H2,21,23,24);4-5,19H,2-3H2,1H3,(H2,18,20,21). The van der Waals surface area contributed by atoms with Gasteiger partial charge in [0.05, 0.1) is 109 Å². The SMILES string of the molecule is CCCNC(=O)c1cc2c(-c3c(Cl)cc(Cl)c4c3CCO4)nc(N)nc2s1.CCCNC(=O)c1cc2c(-c3c(Cl)cc(Cl)c4c3CCO4)nc(N)nc2s1.Cc1c[nH]c2c(-c3c(Cl)cc(Cl)c4c3CCO4)nc(N)nc12.Nc1nc(-c2c(Cl)cc(Cl)c3c2CCO3)c2cc(C(=O)NCCN3CCCC3)sc2n1. The van der Waals surface area contributed by atoms with E-state index in [-0.39, 0.29) is 41.5 Å². The summed E-state index contributed by atoms with van der Waals surface area (Å²) in [5.41, 5.74) is 35.5. The fourth-order valence-electron chi connectivity index (χ4n) is 13.3. The fraction of sp³-hybridized carbons (Fsp3) is 0.292. The Morgan fingerprint density at radius 2 is 0.766 bits per heavy atom. The quantitative estimate of drug-likeness (QED) is 0.0501. The molecule has 4 aromatic carbocycles. The van der Waals surface area contributed by atoms with Crippen molar-refractivity contribution in [1.29, 1.82) is 0 Å². The second kappa shape index (κ2) is 32.1. The first-order valence-electron chi connectivity index (χ1n) is 34.0. The topological polar surface area (TPSA) is 350 Å². The number of nitrogens with zero attached hydrogens (tertiary/aromatic N) is 9. The minimum absolute atomic E-state index is 0.123. The van der Waals surface area contributed by atoms with Crippen molar-refractivity contribution in [2.75, 3.05) is 88.6 Å². The lowest BCUT2D eigenvalue weighted by Gasteiger charge is -2.14. The average molecular weight is 1660 g/mol. The summed E-state index contributed by atoms with van der Waals surface area (Å²) < 4.78 is 22.6. The summed E-state index contributed by atoms with van der Waals surface area (Å²) in [6.07, 6.45) is 8.81. The molecule has 5 aliphatic rings. The summed E-state index contributed by atoms with van der Waals surface area (Å²) in [5, 5.41) is 14.8. The van der Waals surface area contributed by atoms with Crippen LogP contribution in [-0.2, 0) is 25.7 Å². The highest BCUT2D eigenvalue weighted by Gasteiger charge is 2.32. The molecule has 0 spiro atoms. The summed E-state index contributed by atoms with van der Waals surface area (Å²) in [6.45, 7) is 13.0. The Labute approximate surface area is 663 Å². The molecule has 3 amide bonds. The molecule has 17 rings (SSSR count). The van der Waals surface area contributed by atoms with Gasteiger partial charge in [0.1, 0.15) is 43.2 Å². The number of aryl methyl sites for hydroxylation is 1. The number of H-pyrrole nitrogens is 1. The van der Waals surface area contributed by atoms with Crippen LogP contribution in [0.2, 0.25) is 40.2 Å². The Bertz CT molecular complexity index is 5410. The number of hydrogen-bond acceptors (Lipinski definition) is 23. The molecular weight excluding hydrogens is 1590 g/mol.